The molecule has 0 heterocycles. The van der Waals surface area contributed by atoms with Crippen molar-refractivity contribution in [2.45, 2.75) is 45.9 Å². The summed E-state index contributed by atoms with van der Waals surface area (Å²) in [5.74, 6) is 1.49. The highest BCUT2D eigenvalue weighted by Gasteiger charge is 2.15. The molecule has 4 nitrogen and oxygen atoms in total. The van der Waals surface area contributed by atoms with Gasteiger partial charge >= 0.3 is 0 Å². The average Bonchev–Trinajstić information content (AvgIpc) is 2.33. The Morgan fingerprint density at radius 1 is 1.32 bits per heavy atom. The van der Waals surface area contributed by atoms with Crippen molar-refractivity contribution < 1.29 is 14.6 Å². The van der Waals surface area contributed by atoms with Gasteiger partial charge in [0.15, 0.2) is 0 Å². The molecule has 0 bridgehead atoms. The molecule has 1 rings (SSSR count). The maximum atomic E-state index is 9.74. The number of methoxy groups -OCH3 is 1. The topological polar surface area (TPSA) is 50.7 Å². The lowest BCUT2D eigenvalue weighted by Crippen LogP contribution is -2.28. The Labute approximate surface area is 115 Å². The molecule has 0 aromatic heterocycles. The van der Waals surface area contributed by atoms with Crippen LogP contribution in [0.1, 0.15) is 33.3 Å². The number of hydrogen-bond donors (Lipinski definition) is 2. The molecule has 0 fully saturated rings. The molecule has 0 atom stereocenters. The lowest BCUT2D eigenvalue weighted by Gasteiger charge is -2.20. The summed E-state index contributed by atoms with van der Waals surface area (Å²) in [7, 11) is 1.63. The van der Waals surface area contributed by atoms with Crippen LogP contribution in [0.2, 0.25) is 0 Å². The zero-order valence-corrected chi connectivity index (χ0v) is 12.5. The van der Waals surface area contributed by atoms with Crippen molar-refractivity contribution in [2.24, 2.45) is 0 Å². The zero-order chi connectivity index (χ0) is 14.5. The van der Waals surface area contributed by atoms with Gasteiger partial charge in [-0.3, -0.25) is 0 Å². The molecule has 0 unspecified atom stereocenters. The van der Waals surface area contributed by atoms with Gasteiger partial charge in [-0.2, -0.15) is 0 Å². The van der Waals surface area contributed by atoms with Crippen molar-refractivity contribution in [1.82, 2.24) is 5.32 Å². The molecule has 19 heavy (non-hydrogen) atoms. The van der Waals surface area contributed by atoms with Gasteiger partial charge in [0.25, 0.3) is 0 Å². The lowest BCUT2D eigenvalue weighted by molar-refractivity contribution is 0.0280. The van der Waals surface area contributed by atoms with Crippen molar-refractivity contribution in [2.75, 3.05) is 13.7 Å². The van der Waals surface area contributed by atoms with Gasteiger partial charge in [0.1, 0.15) is 18.1 Å². The molecule has 0 saturated carbocycles. The van der Waals surface area contributed by atoms with Crippen LogP contribution >= 0.6 is 0 Å². The maximum absolute atomic E-state index is 9.74. The third kappa shape index (κ3) is 5.94. The van der Waals surface area contributed by atoms with E-state index in [1.807, 2.05) is 18.2 Å². The van der Waals surface area contributed by atoms with Gasteiger partial charge in [-0.05, 0) is 19.9 Å². The van der Waals surface area contributed by atoms with Gasteiger partial charge in [0, 0.05) is 24.2 Å². The fourth-order valence-electron chi connectivity index (χ4n) is 1.51. The molecular formula is C15H25NO3. The van der Waals surface area contributed by atoms with Crippen LogP contribution in [0.4, 0.5) is 0 Å². The summed E-state index contributed by atoms with van der Waals surface area (Å²) in [4.78, 5) is 0. The number of ether oxygens (including phenoxy) is 2. The molecule has 0 aliphatic heterocycles. The van der Waals surface area contributed by atoms with Gasteiger partial charge in [-0.1, -0.05) is 19.9 Å². The van der Waals surface area contributed by atoms with E-state index in [0.29, 0.717) is 6.04 Å². The number of hydrogen-bond acceptors (Lipinski definition) is 4. The smallest absolute Gasteiger partial charge is 0.127 e. The van der Waals surface area contributed by atoms with E-state index in [2.05, 4.69) is 19.2 Å². The molecule has 0 spiro atoms. The summed E-state index contributed by atoms with van der Waals surface area (Å²) in [5, 5.41) is 13.1. The predicted octanol–water partition coefficient (Wildman–Crippen LogP) is 2.34. The Hall–Kier alpha value is -1.26. The fourth-order valence-corrected chi connectivity index (χ4v) is 1.51. The highest BCUT2D eigenvalue weighted by Crippen LogP contribution is 2.25. The van der Waals surface area contributed by atoms with Gasteiger partial charge in [-0.15, -0.1) is 0 Å². The summed E-state index contributed by atoms with van der Waals surface area (Å²) in [5.41, 5.74) is 0.199. The van der Waals surface area contributed by atoms with E-state index in [9.17, 15) is 5.11 Å². The Bertz CT molecular complexity index is 397. The monoisotopic (exact) mass is 267 g/mol. The Balaban J connectivity index is 2.83. The second-order valence-electron chi connectivity index (χ2n) is 5.61. The minimum absolute atomic E-state index is 0.245. The predicted molar refractivity (Wildman–Crippen MR) is 76.8 cm³/mol. The molecule has 0 saturated heterocycles. The first kappa shape index (κ1) is 15.8. The van der Waals surface area contributed by atoms with E-state index in [-0.39, 0.29) is 6.61 Å². The van der Waals surface area contributed by atoms with Crippen LogP contribution in [-0.4, -0.2) is 30.5 Å². The SMILES string of the molecule is COc1ccc(CNC(C)C)c(OCC(C)(C)O)c1. The largest absolute Gasteiger partial charge is 0.497 e. The molecule has 108 valence electrons. The summed E-state index contributed by atoms with van der Waals surface area (Å²) in [6.07, 6.45) is 0. The zero-order valence-electron chi connectivity index (χ0n) is 12.5. The third-order valence-electron chi connectivity index (χ3n) is 2.56. The maximum Gasteiger partial charge on any atom is 0.127 e. The van der Waals surface area contributed by atoms with Gasteiger partial charge < -0.3 is 19.9 Å². The first-order valence-corrected chi connectivity index (χ1v) is 6.57. The van der Waals surface area contributed by atoms with Gasteiger partial charge in [0.2, 0.25) is 0 Å². The molecule has 0 radical (unpaired) electrons. The molecule has 0 aliphatic rings. The average molecular weight is 267 g/mol. The van der Waals surface area contributed by atoms with Crippen molar-refractivity contribution in [3.8, 4) is 11.5 Å². The summed E-state index contributed by atoms with van der Waals surface area (Å²) < 4.78 is 10.9. The molecular weight excluding hydrogens is 242 g/mol. The molecule has 2 N–H and O–H groups in total. The summed E-state index contributed by atoms with van der Waals surface area (Å²) in [6, 6.07) is 6.15. The van der Waals surface area contributed by atoms with Crippen LogP contribution in [0.15, 0.2) is 18.2 Å². The van der Waals surface area contributed by atoms with Crippen LogP contribution < -0.4 is 14.8 Å². The quantitative estimate of drug-likeness (QED) is 0.796. The molecule has 1 aromatic rings. The highest BCUT2D eigenvalue weighted by molar-refractivity contribution is 5.40. The van der Waals surface area contributed by atoms with Crippen LogP contribution in [-0.2, 0) is 6.54 Å². The first-order chi connectivity index (χ1) is 8.81. The Morgan fingerprint density at radius 2 is 2.00 bits per heavy atom. The number of aliphatic hydroxyl groups is 1. The van der Waals surface area contributed by atoms with Gasteiger partial charge in [0.05, 0.1) is 12.7 Å². The minimum Gasteiger partial charge on any atom is -0.497 e. The molecule has 4 heteroatoms. The Morgan fingerprint density at radius 3 is 2.53 bits per heavy atom. The van der Waals surface area contributed by atoms with Crippen LogP contribution in [0.5, 0.6) is 11.5 Å². The van der Waals surface area contributed by atoms with E-state index >= 15 is 0 Å². The normalized spacial score (nSPS) is 11.7. The second-order valence-corrected chi connectivity index (χ2v) is 5.61. The number of nitrogens with one attached hydrogen (secondary N) is 1. The second kappa shape index (κ2) is 6.78. The van der Waals surface area contributed by atoms with Crippen molar-refractivity contribution in [3.05, 3.63) is 23.8 Å². The minimum atomic E-state index is -0.855. The van der Waals surface area contributed by atoms with Crippen molar-refractivity contribution in [3.63, 3.8) is 0 Å². The molecule has 1 aromatic carbocycles. The van der Waals surface area contributed by atoms with E-state index in [4.69, 9.17) is 9.47 Å². The van der Waals surface area contributed by atoms with Crippen LogP contribution in [0.3, 0.4) is 0 Å². The van der Waals surface area contributed by atoms with Crippen LogP contribution in [0.25, 0.3) is 0 Å². The molecule has 0 amide bonds. The van der Waals surface area contributed by atoms with Crippen molar-refractivity contribution in [1.29, 1.82) is 0 Å². The van der Waals surface area contributed by atoms with Crippen molar-refractivity contribution >= 4 is 0 Å². The first-order valence-electron chi connectivity index (χ1n) is 6.57. The number of rotatable bonds is 7. The van der Waals surface area contributed by atoms with Gasteiger partial charge in [-0.25, -0.2) is 0 Å². The van der Waals surface area contributed by atoms with E-state index in [0.717, 1.165) is 23.6 Å². The third-order valence-corrected chi connectivity index (χ3v) is 2.56. The standard InChI is InChI=1S/C15H25NO3/c1-11(2)16-9-12-6-7-13(18-5)8-14(12)19-10-15(3,4)17/h6-8,11,16-17H,9-10H2,1-5H3. The van der Waals surface area contributed by atoms with E-state index < -0.39 is 5.60 Å². The summed E-state index contributed by atoms with van der Waals surface area (Å²) >= 11 is 0. The van der Waals surface area contributed by atoms with Crippen LogP contribution in [0, 0.1) is 0 Å². The van der Waals surface area contributed by atoms with E-state index in [1.54, 1.807) is 21.0 Å². The summed E-state index contributed by atoms with van der Waals surface area (Å²) in [6.45, 7) is 8.61. The lowest BCUT2D eigenvalue weighted by atomic mass is 10.1. The van der Waals surface area contributed by atoms with E-state index in [1.165, 1.54) is 0 Å². The number of benzene rings is 1. The highest BCUT2D eigenvalue weighted by atomic mass is 16.5. The Kier molecular flexibility index (Phi) is 5.63. The molecule has 0 aliphatic carbocycles. The fraction of sp³-hybridized carbons (Fsp3) is 0.600.